The number of sulfone groups is 1. The summed E-state index contributed by atoms with van der Waals surface area (Å²) in [5.41, 5.74) is 0.751. The second-order valence-electron chi connectivity index (χ2n) is 4.67. The molecule has 0 saturated carbocycles. The van der Waals surface area contributed by atoms with Gasteiger partial charge in [0.15, 0.2) is 9.84 Å². The van der Waals surface area contributed by atoms with Crippen molar-refractivity contribution < 1.29 is 23.0 Å². The zero-order valence-corrected chi connectivity index (χ0v) is 10.5. The van der Waals surface area contributed by atoms with Gasteiger partial charge in [0.25, 0.3) is 0 Å². The summed E-state index contributed by atoms with van der Waals surface area (Å²) in [6, 6.07) is 5.20. The maximum atomic E-state index is 11.3. The average Bonchev–Trinajstić information content (AvgIpc) is 2.83. The van der Waals surface area contributed by atoms with Gasteiger partial charge in [-0.1, -0.05) is 0 Å². The van der Waals surface area contributed by atoms with Crippen LogP contribution in [0.15, 0.2) is 18.2 Å². The smallest absolute Gasteiger partial charge is 0.154 e. The van der Waals surface area contributed by atoms with Crippen molar-refractivity contribution in [1.82, 2.24) is 0 Å². The van der Waals surface area contributed by atoms with Gasteiger partial charge in [-0.3, -0.25) is 0 Å². The van der Waals surface area contributed by atoms with Crippen LogP contribution in [-0.4, -0.2) is 37.7 Å². The SMILES string of the molecule is O=S1(=O)CCC(Oc2ccc3c(c2)OCC3O)C1. The summed E-state index contributed by atoms with van der Waals surface area (Å²) in [7, 11) is -2.93. The van der Waals surface area contributed by atoms with Gasteiger partial charge in [0.1, 0.15) is 30.3 Å². The fourth-order valence-corrected chi connectivity index (χ4v) is 3.88. The summed E-state index contributed by atoms with van der Waals surface area (Å²) in [6.07, 6.45) is -0.330. The van der Waals surface area contributed by atoms with Crippen molar-refractivity contribution in [3.63, 3.8) is 0 Å². The molecule has 1 saturated heterocycles. The molecule has 1 aromatic rings. The third-order valence-electron chi connectivity index (χ3n) is 3.23. The Hall–Kier alpha value is -1.27. The molecule has 0 aromatic heterocycles. The number of benzene rings is 1. The Bertz CT molecular complexity index is 566. The zero-order valence-electron chi connectivity index (χ0n) is 9.70. The quantitative estimate of drug-likeness (QED) is 0.855. The van der Waals surface area contributed by atoms with Crippen LogP contribution in [0.3, 0.4) is 0 Å². The van der Waals surface area contributed by atoms with Crippen LogP contribution in [-0.2, 0) is 9.84 Å². The lowest BCUT2D eigenvalue weighted by Crippen LogP contribution is -2.17. The van der Waals surface area contributed by atoms with Crippen LogP contribution < -0.4 is 9.47 Å². The van der Waals surface area contributed by atoms with Crippen LogP contribution >= 0.6 is 0 Å². The maximum absolute atomic E-state index is 11.3. The highest BCUT2D eigenvalue weighted by Gasteiger charge is 2.30. The van der Waals surface area contributed by atoms with Crippen LogP contribution in [0.25, 0.3) is 0 Å². The Morgan fingerprint density at radius 1 is 1.39 bits per heavy atom. The number of fused-ring (bicyclic) bond motifs is 1. The lowest BCUT2D eigenvalue weighted by molar-refractivity contribution is 0.140. The van der Waals surface area contributed by atoms with Gasteiger partial charge >= 0.3 is 0 Å². The topological polar surface area (TPSA) is 72.8 Å². The van der Waals surface area contributed by atoms with E-state index in [-0.39, 0.29) is 24.2 Å². The minimum atomic E-state index is -2.93. The highest BCUT2D eigenvalue weighted by atomic mass is 32.2. The van der Waals surface area contributed by atoms with Gasteiger partial charge in [0.05, 0.1) is 11.5 Å². The highest BCUT2D eigenvalue weighted by Crippen LogP contribution is 2.35. The highest BCUT2D eigenvalue weighted by molar-refractivity contribution is 7.91. The molecule has 3 rings (SSSR count). The molecule has 0 aliphatic carbocycles. The van der Waals surface area contributed by atoms with E-state index >= 15 is 0 Å². The molecule has 5 nitrogen and oxygen atoms in total. The number of aliphatic hydroxyl groups excluding tert-OH is 1. The summed E-state index contributed by atoms with van der Waals surface area (Å²) < 4.78 is 33.6. The fraction of sp³-hybridized carbons (Fsp3) is 0.500. The molecular formula is C12H14O5S. The van der Waals surface area contributed by atoms with Crippen LogP contribution in [0, 0.1) is 0 Å². The van der Waals surface area contributed by atoms with Crippen LogP contribution in [0.4, 0.5) is 0 Å². The van der Waals surface area contributed by atoms with Gasteiger partial charge in [-0.15, -0.1) is 0 Å². The first-order valence-electron chi connectivity index (χ1n) is 5.85. The van der Waals surface area contributed by atoms with E-state index in [1.54, 1.807) is 18.2 Å². The molecule has 2 atom stereocenters. The number of rotatable bonds is 2. The fourth-order valence-electron chi connectivity index (χ4n) is 2.29. The van der Waals surface area contributed by atoms with Gasteiger partial charge in [-0.2, -0.15) is 0 Å². The van der Waals surface area contributed by atoms with E-state index < -0.39 is 15.9 Å². The summed E-state index contributed by atoms with van der Waals surface area (Å²) >= 11 is 0. The lowest BCUT2D eigenvalue weighted by atomic mass is 10.1. The average molecular weight is 270 g/mol. The van der Waals surface area contributed by atoms with Crippen LogP contribution in [0.2, 0.25) is 0 Å². The largest absolute Gasteiger partial charge is 0.490 e. The second kappa shape index (κ2) is 4.13. The van der Waals surface area contributed by atoms with Crippen molar-refractivity contribution in [1.29, 1.82) is 0 Å². The first-order chi connectivity index (χ1) is 8.53. The second-order valence-corrected chi connectivity index (χ2v) is 6.90. The third-order valence-corrected chi connectivity index (χ3v) is 4.97. The molecule has 2 aliphatic rings. The molecule has 18 heavy (non-hydrogen) atoms. The molecule has 98 valence electrons. The van der Waals surface area contributed by atoms with Crippen LogP contribution in [0.5, 0.6) is 11.5 Å². The predicted molar refractivity (Wildman–Crippen MR) is 64.6 cm³/mol. The third kappa shape index (κ3) is 2.18. The number of hydrogen-bond donors (Lipinski definition) is 1. The molecule has 2 unspecified atom stereocenters. The Balaban J connectivity index is 1.75. The molecule has 1 N–H and O–H groups in total. The normalized spacial score (nSPS) is 28.7. The molecular weight excluding hydrogens is 256 g/mol. The molecule has 1 aromatic carbocycles. The van der Waals surface area contributed by atoms with E-state index in [9.17, 15) is 13.5 Å². The van der Waals surface area contributed by atoms with Crippen molar-refractivity contribution in [2.75, 3.05) is 18.1 Å². The Morgan fingerprint density at radius 2 is 2.22 bits per heavy atom. The van der Waals surface area contributed by atoms with E-state index in [1.165, 1.54) is 0 Å². The lowest BCUT2D eigenvalue weighted by Gasteiger charge is -2.12. The Labute approximate surface area is 105 Å². The molecule has 2 heterocycles. The van der Waals surface area contributed by atoms with Gasteiger partial charge in [0, 0.05) is 11.6 Å². The minimum Gasteiger partial charge on any atom is -0.490 e. The first kappa shape index (κ1) is 11.8. The molecule has 0 amide bonds. The molecule has 0 bridgehead atoms. The number of aliphatic hydroxyl groups is 1. The van der Waals surface area contributed by atoms with E-state index in [0.29, 0.717) is 17.9 Å². The van der Waals surface area contributed by atoms with Gasteiger partial charge in [-0.25, -0.2) is 8.42 Å². The van der Waals surface area contributed by atoms with Gasteiger partial charge in [-0.05, 0) is 18.6 Å². The van der Waals surface area contributed by atoms with E-state index in [0.717, 1.165) is 5.56 Å². The Morgan fingerprint density at radius 3 is 2.94 bits per heavy atom. The summed E-state index contributed by atoms with van der Waals surface area (Å²) in [5.74, 6) is 1.47. The van der Waals surface area contributed by atoms with Crippen molar-refractivity contribution in [2.45, 2.75) is 18.6 Å². The first-order valence-corrected chi connectivity index (χ1v) is 7.67. The van der Waals surface area contributed by atoms with E-state index in [4.69, 9.17) is 9.47 Å². The minimum absolute atomic E-state index is 0.0770. The molecule has 2 aliphatic heterocycles. The Kier molecular flexibility index (Phi) is 2.71. The van der Waals surface area contributed by atoms with Gasteiger partial charge in [0.2, 0.25) is 0 Å². The van der Waals surface area contributed by atoms with Crippen molar-refractivity contribution in [2.24, 2.45) is 0 Å². The molecule has 6 heteroatoms. The number of ether oxygens (including phenoxy) is 2. The molecule has 1 fully saturated rings. The predicted octanol–water partition coefficient (Wildman–Crippen LogP) is 0.678. The zero-order chi connectivity index (χ0) is 12.8. The summed E-state index contributed by atoms with van der Waals surface area (Å²) in [4.78, 5) is 0. The summed E-state index contributed by atoms with van der Waals surface area (Å²) in [6.45, 7) is 0.261. The van der Waals surface area contributed by atoms with Crippen molar-refractivity contribution in [3.05, 3.63) is 23.8 Å². The van der Waals surface area contributed by atoms with E-state index in [2.05, 4.69) is 0 Å². The monoisotopic (exact) mass is 270 g/mol. The molecule has 0 radical (unpaired) electrons. The van der Waals surface area contributed by atoms with Crippen LogP contribution in [0.1, 0.15) is 18.1 Å². The molecule has 0 spiro atoms. The standard InChI is InChI=1S/C12H14O5S/c13-11-6-16-12-5-8(1-2-10(11)12)17-9-3-4-18(14,15)7-9/h1-2,5,9,11,13H,3-4,6-7H2. The van der Waals surface area contributed by atoms with Gasteiger partial charge < -0.3 is 14.6 Å². The summed E-state index contributed by atoms with van der Waals surface area (Å²) in [5, 5.41) is 9.58. The number of hydrogen-bond acceptors (Lipinski definition) is 5. The van der Waals surface area contributed by atoms with Crippen molar-refractivity contribution in [3.8, 4) is 11.5 Å². The van der Waals surface area contributed by atoms with E-state index in [1.807, 2.05) is 0 Å². The maximum Gasteiger partial charge on any atom is 0.154 e. The van der Waals surface area contributed by atoms with Crippen molar-refractivity contribution >= 4 is 9.84 Å².